The lowest BCUT2D eigenvalue weighted by atomic mass is 9.63. The lowest BCUT2D eigenvalue weighted by Crippen LogP contribution is -2.41. The molecule has 0 aliphatic carbocycles. The normalized spacial score (nSPS) is 19.3. The molecule has 16 heteroatoms. The Morgan fingerprint density at radius 3 is 1.00 bits per heavy atom. The van der Waals surface area contributed by atoms with Gasteiger partial charge in [0.05, 0.1) is 66.8 Å². The molecule has 0 spiro atoms. The van der Waals surface area contributed by atoms with E-state index in [-0.39, 0.29) is 81.1 Å². The van der Waals surface area contributed by atoms with Gasteiger partial charge < -0.3 is 28.1 Å². The predicted molar refractivity (Wildman–Crippen MR) is 241 cm³/mol. The molecule has 0 radical (unpaired) electrons. The van der Waals surface area contributed by atoms with Crippen LogP contribution in [0.3, 0.4) is 0 Å². The van der Waals surface area contributed by atoms with E-state index in [4.69, 9.17) is 97.7 Å². The Bertz CT molecular complexity index is 1570. The molecular weight excluding hydrogens is 867 g/mol. The highest BCUT2D eigenvalue weighted by atomic mass is 35.5. The fourth-order valence-corrected chi connectivity index (χ4v) is 8.57. The Kier molecular flexibility index (Phi) is 17.4. The summed E-state index contributed by atoms with van der Waals surface area (Å²) in [5, 5.41) is 1.41. The van der Waals surface area contributed by atoms with Crippen molar-refractivity contribution in [2.75, 3.05) is 13.2 Å². The number of hydrogen-bond donors (Lipinski definition) is 0. The fourth-order valence-electron chi connectivity index (χ4n) is 6.63. The summed E-state index contributed by atoms with van der Waals surface area (Å²) in [6.07, 6.45) is 2.93. The first kappa shape index (κ1) is 51.4. The Hall–Kier alpha value is -0.910. The van der Waals surface area contributed by atoms with Crippen LogP contribution in [0.5, 0.6) is 0 Å². The maximum absolute atomic E-state index is 12.5. The zero-order chi connectivity index (χ0) is 44.4. The van der Waals surface area contributed by atoms with Crippen molar-refractivity contribution in [3.8, 4) is 0 Å². The summed E-state index contributed by atoms with van der Waals surface area (Å²) in [4.78, 5) is 25.0. The van der Waals surface area contributed by atoms with Crippen molar-refractivity contribution in [3.63, 3.8) is 0 Å². The maximum atomic E-state index is 12.5. The van der Waals surface area contributed by atoms with Crippen LogP contribution in [0.15, 0.2) is 24.3 Å². The number of esters is 2. The number of benzene rings is 2. The van der Waals surface area contributed by atoms with Gasteiger partial charge in [-0.15, -0.1) is 0 Å². The number of hydrogen-bond acceptors (Lipinski definition) is 8. The molecule has 2 aromatic carbocycles. The number of rotatable bonds is 12. The van der Waals surface area contributed by atoms with E-state index < -0.39 is 34.3 Å². The topological polar surface area (TPSA) is 89.5 Å². The predicted octanol–water partition coefficient (Wildman–Crippen LogP) is 14.2. The monoisotopic (exact) mass is 924 g/mol. The molecule has 2 atom stereocenters. The minimum atomic E-state index is -0.569. The molecule has 0 saturated carbocycles. The number of carbonyl (C=O) groups excluding carboxylic acids is 2. The van der Waals surface area contributed by atoms with Gasteiger partial charge in [-0.1, -0.05) is 111 Å². The minimum Gasteiger partial charge on any atom is -0.462 e. The fraction of sp³-hybridized carbons (Fsp3) is 0.667. The van der Waals surface area contributed by atoms with Crippen molar-refractivity contribution >= 4 is 95.8 Å². The first-order valence-electron chi connectivity index (χ1n) is 19.6. The highest BCUT2D eigenvalue weighted by Crippen LogP contribution is 2.46. The van der Waals surface area contributed by atoms with Crippen LogP contribution in [0, 0.1) is 10.8 Å². The average Bonchev–Trinajstić information content (AvgIpc) is 3.37. The van der Waals surface area contributed by atoms with Gasteiger partial charge in [0, 0.05) is 10.0 Å². The summed E-state index contributed by atoms with van der Waals surface area (Å²) < 4.78 is 35.9. The molecule has 0 N–H and O–H groups in total. The van der Waals surface area contributed by atoms with Gasteiger partial charge in [-0.25, -0.2) is 9.59 Å². The molecular formula is C42H60B2Cl6O8. The third-order valence-corrected chi connectivity index (χ3v) is 12.6. The molecule has 0 unspecified atom stereocenters. The van der Waals surface area contributed by atoms with Crippen molar-refractivity contribution in [1.29, 1.82) is 0 Å². The van der Waals surface area contributed by atoms with E-state index in [2.05, 4.69) is 41.5 Å². The standard InChI is InChI=1S/2C21H30BCl3O4/c2*1-19(2,3)12-13(22-28-20(4,5)21(6,7)29-22)8-9-27-18(26)17-15(24)10-14(23)11-16(17)25/h2*10-11,13H,8-9,12H2,1-7H3/t2*13-/m00/s1. The van der Waals surface area contributed by atoms with Crippen molar-refractivity contribution in [2.24, 2.45) is 10.8 Å². The molecule has 4 rings (SSSR count). The largest absolute Gasteiger partial charge is 0.462 e. The maximum Gasteiger partial charge on any atom is 0.461 e. The van der Waals surface area contributed by atoms with E-state index in [1.807, 2.05) is 55.4 Å². The van der Waals surface area contributed by atoms with Gasteiger partial charge in [0.2, 0.25) is 0 Å². The van der Waals surface area contributed by atoms with Crippen molar-refractivity contribution in [2.45, 2.75) is 157 Å². The van der Waals surface area contributed by atoms with E-state index in [0.29, 0.717) is 22.9 Å². The van der Waals surface area contributed by atoms with Crippen molar-refractivity contribution in [1.82, 2.24) is 0 Å². The summed E-state index contributed by atoms with van der Waals surface area (Å²) in [6.45, 7) is 29.7. The van der Waals surface area contributed by atoms with Crippen molar-refractivity contribution < 1.29 is 37.7 Å². The van der Waals surface area contributed by atoms with E-state index in [9.17, 15) is 9.59 Å². The summed E-state index contributed by atoms with van der Waals surface area (Å²) in [6, 6.07) is 5.88. The molecule has 2 aromatic rings. The molecule has 0 amide bonds. The van der Waals surface area contributed by atoms with Gasteiger partial charge in [-0.05, 0) is 128 Å². The van der Waals surface area contributed by atoms with Crippen LogP contribution in [0.1, 0.15) is 143 Å². The van der Waals surface area contributed by atoms with Crippen LogP contribution in [0.25, 0.3) is 0 Å². The molecule has 2 aliphatic heterocycles. The smallest absolute Gasteiger partial charge is 0.461 e. The van der Waals surface area contributed by atoms with E-state index in [0.717, 1.165) is 12.8 Å². The summed E-state index contributed by atoms with van der Waals surface area (Å²) >= 11 is 36.3. The highest BCUT2D eigenvalue weighted by molar-refractivity contribution is 6.48. The van der Waals surface area contributed by atoms with Gasteiger partial charge >= 0.3 is 26.2 Å². The minimum absolute atomic E-state index is 0.0695. The van der Waals surface area contributed by atoms with Crippen LogP contribution in [0.2, 0.25) is 41.8 Å². The van der Waals surface area contributed by atoms with Gasteiger partial charge in [0.25, 0.3) is 0 Å². The number of ether oxygens (including phenoxy) is 2. The van der Waals surface area contributed by atoms with Gasteiger partial charge in [-0.2, -0.15) is 0 Å². The molecule has 0 aromatic heterocycles. The first-order chi connectivity index (χ1) is 26.3. The second kappa shape index (κ2) is 19.6. The second-order valence-electron chi connectivity index (χ2n) is 19.6. The van der Waals surface area contributed by atoms with Crippen LogP contribution in [-0.4, -0.2) is 61.8 Å². The Labute approximate surface area is 377 Å². The molecule has 2 fully saturated rings. The summed E-state index contributed by atoms with van der Waals surface area (Å²) in [5.74, 6) is -1.000. The van der Waals surface area contributed by atoms with Crippen LogP contribution >= 0.6 is 69.6 Å². The number of carbonyl (C=O) groups is 2. The van der Waals surface area contributed by atoms with Crippen LogP contribution < -0.4 is 0 Å². The second-order valence-corrected chi connectivity index (χ2v) is 22.1. The van der Waals surface area contributed by atoms with Crippen molar-refractivity contribution in [3.05, 3.63) is 65.5 Å². The third kappa shape index (κ3) is 14.1. The number of halogens is 6. The third-order valence-electron chi connectivity index (χ3n) is 10.9. The average molecular weight is 927 g/mol. The molecule has 2 saturated heterocycles. The first-order valence-corrected chi connectivity index (χ1v) is 21.9. The van der Waals surface area contributed by atoms with Gasteiger partial charge in [0.15, 0.2) is 0 Å². The quantitative estimate of drug-likeness (QED) is 0.154. The SMILES string of the molecule is CC(C)(C)C[C@H](CCOC(=O)c1c(Cl)cc(Cl)cc1Cl)B1OC(C)(C)C(C)(C)O1.CC(C)(C)C[C@H](CCOC(=O)c1c(Cl)cc(Cl)cc1Cl)B1OC(C)(C)C(C)(C)O1. The Morgan fingerprint density at radius 2 is 0.776 bits per heavy atom. The molecule has 324 valence electrons. The summed E-state index contributed by atoms with van der Waals surface area (Å²) in [5.41, 5.74) is -1.24. The van der Waals surface area contributed by atoms with E-state index in [1.165, 1.54) is 24.3 Å². The van der Waals surface area contributed by atoms with Gasteiger partial charge in [-0.3, -0.25) is 0 Å². The van der Waals surface area contributed by atoms with Crippen LogP contribution in [0.4, 0.5) is 0 Å². The lowest BCUT2D eigenvalue weighted by molar-refractivity contribution is 0.00578. The summed E-state index contributed by atoms with van der Waals surface area (Å²) in [7, 11) is -0.721. The van der Waals surface area contributed by atoms with E-state index in [1.54, 1.807) is 0 Å². The molecule has 0 bridgehead atoms. The molecule has 8 nitrogen and oxygen atoms in total. The lowest BCUT2D eigenvalue weighted by Gasteiger charge is -2.32. The molecule has 2 heterocycles. The van der Waals surface area contributed by atoms with E-state index >= 15 is 0 Å². The molecule has 58 heavy (non-hydrogen) atoms. The Balaban J connectivity index is 0.000000310. The Morgan fingerprint density at radius 1 is 0.534 bits per heavy atom. The van der Waals surface area contributed by atoms with Gasteiger partial charge in [0.1, 0.15) is 0 Å². The molecule has 2 aliphatic rings. The zero-order valence-corrected chi connectivity index (χ0v) is 40.9. The zero-order valence-electron chi connectivity index (χ0n) is 36.4. The van der Waals surface area contributed by atoms with Crippen LogP contribution in [-0.2, 0) is 28.1 Å². The highest BCUT2D eigenvalue weighted by Gasteiger charge is 2.55.